The number of ether oxygens (including phenoxy) is 9. The van der Waals surface area contributed by atoms with E-state index in [0.717, 1.165) is 11.1 Å². The van der Waals surface area contributed by atoms with E-state index in [9.17, 15) is 10.2 Å². The first-order valence-electron chi connectivity index (χ1n) is 17.6. The van der Waals surface area contributed by atoms with Gasteiger partial charge in [0.05, 0.1) is 54.9 Å². The largest absolute Gasteiger partial charge is 0.493 e. The summed E-state index contributed by atoms with van der Waals surface area (Å²) in [5.41, 5.74) is 3.18. The number of methoxy groups -OCH3 is 6. The molecule has 5 rings (SSSR count). The number of benzene rings is 4. The van der Waals surface area contributed by atoms with Crippen molar-refractivity contribution in [2.45, 2.75) is 64.3 Å². The Labute approximate surface area is 312 Å². The summed E-state index contributed by atoms with van der Waals surface area (Å²) < 4.78 is 52.2. The van der Waals surface area contributed by atoms with Crippen LogP contribution in [0.1, 0.15) is 74.4 Å². The van der Waals surface area contributed by atoms with Crippen molar-refractivity contribution in [1.29, 1.82) is 0 Å². The molecule has 0 saturated carbocycles. The predicted molar refractivity (Wildman–Crippen MR) is 200 cm³/mol. The van der Waals surface area contributed by atoms with Crippen LogP contribution in [0.15, 0.2) is 72.8 Å². The normalized spacial score (nSPS) is 20.5. The molecule has 0 aliphatic carbocycles. The Hall–Kier alpha value is -4.84. The van der Waals surface area contributed by atoms with Crippen LogP contribution in [0.25, 0.3) is 0 Å². The summed E-state index contributed by atoms with van der Waals surface area (Å²) in [5, 5.41) is 22.2. The molecule has 0 aromatic heterocycles. The number of hydrogen-bond acceptors (Lipinski definition) is 11. The van der Waals surface area contributed by atoms with Crippen molar-refractivity contribution in [3.05, 3.63) is 95.1 Å². The van der Waals surface area contributed by atoms with Gasteiger partial charge in [0.1, 0.15) is 24.4 Å². The second kappa shape index (κ2) is 17.3. The summed E-state index contributed by atoms with van der Waals surface area (Å²) >= 11 is 0. The van der Waals surface area contributed by atoms with Gasteiger partial charge >= 0.3 is 0 Å². The Morgan fingerprint density at radius 3 is 1.11 bits per heavy atom. The molecule has 1 aliphatic heterocycles. The highest BCUT2D eigenvalue weighted by atomic mass is 16.5. The predicted octanol–water partition coefficient (Wildman–Crippen LogP) is 7.82. The van der Waals surface area contributed by atoms with Crippen molar-refractivity contribution >= 4 is 0 Å². The maximum Gasteiger partial charge on any atom is 0.161 e. The minimum Gasteiger partial charge on any atom is -0.493 e. The van der Waals surface area contributed by atoms with E-state index in [1.54, 1.807) is 92.9 Å². The highest BCUT2D eigenvalue weighted by Crippen LogP contribution is 2.51. The fourth-order valence-corrected chi connectivity index (χ4v) is 6.78. The Morgan fingerprint density at radius 1 is 0.453 bits per heavy atom. The van der Waals surface area contributed by atoms with E-state index in [2.05, 4.69) is 13.8 Å². The van der Waals surface area contributed by atoms with Crippen LogP contribution in [0.2, 0.25) is 0 Å². The van der Waals surface area contributed by atoms with Gasteiger partial charge in [-0.2, -0.15) is 0 Å². The van der Waals surface area contributed by atoms with E-state index in [4.69, 9.17) is 42.6 Å². The minimum absolute atomic E-state index is 0.167. The summed E-state index contributed by atoms with van der Waals surface area (Å²) in [5.74, 6) is 4.62. The Morgan fingerprint density at radius 2 is 0.774 bits per heavy atom. The molecule has 4 aromatic carbocycles. The van der Waals surface area contributed by atoms with E-state index in [1.165, 1.54) is 0 Å². The van der Waals surface area contributed by atoms with Crippen LogP contribution in [-0.4, -0.2) is 65.1 Å². The van der Waals surface area contributed by atoms with Crippen LogP contribution in [-0.2, 0) is 4.74 Å². The van der Waals surface area contributed by atoms with Crippen molar-refractivity contribution in [3.63, 3.8) is 0 Å². The van der Waals surface area contributed by atoms with Gasteiger partial charge in [0.15, 0.2) is 46.0 Å². The molecular formula is C42H52O11. The molecular weight excluding hydrogens is 680 g/mol. The van der Waals surface area contributed by atoms with E-state index in [1.807, 2.05) is 36.4 Å². The average molecular weight is 733 g/mol. The van der Waals surface area contributed by atoms with Gasteiger partial charge in [0.2, 0.25) is 0 Å². The lowest BCUT2D eigenvalue weighted by Crippen LogP contribution is -2.22. The van der Waals surface area contributed by atoms with E-state index < -0.39 is 24.4 Å². The van der Waals surface area contributed by atoms with Gasteiger partial charge in [-0.15, -0.1) is 0 Å². The van der Waals surface area contributed by atoms with Crippen molar-refractivity contribution in [2.75, 3.05) is 42.7 Å². The fraction of sp³-hybridized carbons (Fsp3) is 0.429. The third-order valence-electron chi connectivity index (χ3n) is 10.1. The summed E-state index contributed by atoms with van der Waals surface area (Å²) in [6, 6.07) is 22.1. The van der Waals surface area contributed by atoms with Gasteiger partial charge in [-0.05, 0) is 96.5 Å². The molecule has 3 unspecified atom stereocenters. The highest BCUT2D eigenvalue weighted by Gasteiger charge is 2.41. The summed E-state index contributed by atoms with van der Waals surface area (Å²) in [7, 11) is 9.43. The molecule has 0 spiro atoms. The third-order valence-corrected chi connectivity index (χ3v) is 10.1. The van der Waals surface area contributed by atoms with Crippen LogP contribution < -0.4 is 37.9 Å². The van der Waals surface area contributed by atoms with Crippen LogP contribution in [0.4, 0.5) is 0 Å². The summed E-state index contributed by atoms with van der Waals surface area (Å²) in [6.07, 6.45) is -3.49. The Balaban J connectivity index is 1.29. The van der Waals surface area contributed by atoms with Gasteiger partial charge in [-0.1, -0.05) is 38.1 Å². The third kappa shape index (κ3) is 8.38. The fourth-order valence-electron chi connectivity index (χ4n) is 6.78. The summed E-state index contributed by atoms with van der Waals surface area (Å²) in [4.78, 5) is 0. The van der Waals surface area contributed by atoms with Gasteiger partial charge in [0, 0.05) is 0 Å². The van der Waals surface area contributed by atoms with Crippen LogP contribution in [0.5, 0.6) is 46.0 Å². The van der Waals surface area contributed by atoms with Crippen LogP contribution >= 0.6 is 0 Å². The summed E-state index contributed by atoms with van der Waals surface area (Å²) in [6.45, 7) is 7.96. The minimum atomic E-state index is -0.932. The average Bonchev–Trinajstić information content (AvgIpc) is 3.49. The van der Waals surface area contributed by atoms with Gasteiger partial charge in [-0.3, -0.25) is 0 Å². The molecule has 4 aromatic rings. The molecule has 0 radical (unpaired) electrons. The smallest absolute Gasteiger partial charge is 0.161 e. The molecule has 11 nitrogen and oxygen atoms in total. The Bertz CT molecular complexity index is 1700. The SMILES string of the molecule is COc1ccc(C(O)C(C)Oc2ccc([C@H]3OC(c4ccc(O[C@H](C)[C@H](O)c5ccc(OC)c(OC)c5)c(OC)c4)[C@@H](C)[C@H]3C)cc2OC)cc1OC. The standard InChI is InChI=1S/C42H52O11/c1-23-24(2)42(30-14-18-34(38(22-30)50-10)52-26(4)40(44)28-12-16-32(46-6)36(20-28)48-8)53-41(23)29-13-17-33(37(21-29)49-9)51-25(3)39(43)27-11-15-31(45-5)35(19-27)47-7/h11-26,39-44H,1-10H3/t23-,24+,25+,26?,39-,40?,41?,42-/m0/s1. The van der Waals surface area contributed by atoms with E-state index in [0.29, 0.717) is 57.1 Å². The monoisotopic (exact) mass is 732 g/mol. The highest BCUT2D eigenvalue weighted by molar-refractivity contribution is 5.48. The first-order chi connectivity index (χ1) is 25.5. The number of hydrogen-bond donors (Lipinski definition) is 2. The Kier molecular flexibility index (Phi) is 12.9. The van der Waals surface area contributed by atoms with Crippen LogP contribution in [0.3, 0.4) is 0 Å². The molecule has 53 heavy (non-hydrogen) atoms. The van der Waals surface area contributed by atoms with Gasteiger partial charge < -0.3 is 52.8 Å². The number of aliphatic hydroxyl groups is 2. The molecule has 1 fully saturated rings. The maximum absolute atomic E-state index is 11.1. The zero-order chi connectivity index (χ0) is 38.4. The lowest BCUT2D eigenvalue weighted by atomic mass is 9.85. The zero-order valence-corrected chi connectivity index (χ0v) is 32.1. The molecule has 2 N–H and O–H groups in total. The molecule has 0 amide bonds. The van der Waals surface area contributed by atoms with Crippen molar-refractivity contribution in [2.24, 2.45) is 11.8 Å². The van der Waals surface area contributed by atoms with Crippen LogP contribution in [0, 0.1) is 11.8 Å². The molecule has 1 saturated heterocycles. The molecule has 8 atom stereocenters. The lowest BCUT2D eigenvalue weighted by molar-refractivity contribution is 0.0281. The van der Waals surface area contributed by atoms with Crippen molar-refractivity contribution < 1.29 is 52.8 Å². The molecule has 1 aliphatic rings. The number of aliphatic hydroxyl groups excluding tert-OH is 2. The quantitative estimate of drug-likeness (QED) is 0.117. The molecule has 0 bridgehead atoms. The number of rotatable bonds is 16. The lowest BCUT2D eigenvalue weighted by Gasteiger charge is -2.24. The second-order valence-corrected chi connectivity index (χ2v) is 13.3. The van der Waals surface area contributed by atoms with E-state index >= 15 is 0 Å². The van der Waals surface area contributed by atoms with Gasteiger partial charge in [0.25, 0.3) is 0 Å². The van der Waals surface area contributed by atoms with E-state index in [-0.39, 0.29) is 24.0 Å². The second-order valence-electron chi connectivity index (χ2n) is 13.3. The van der Waals surface area contributed by atoms with Gasteiger partial charge in [-0.25, -0.2) is 0 Å². The maximum atomic E-state index is 11.1. The first kappa shape index (κ1) is 39.4. The topological polar surface area (TPSA) is 124 Å². The molecule has 11 heteroatoms. The first-order valence-corrected chi connectivity index (χ1v) is 17.6. The zero-order valence-electron chi connectivity index (χ0n) is 32.1. The molecule has 286 valence electrons. The van der Waals surface area contributed by atoms with Crippen molar-refractivity contribution in [3.8, 4) is 46.0 Å². The molecule has 1 heterocycles. The van der Waals surface area contributed by atoms with Crippen molar-refractivity contribution in [1.82, 2.24) is 0 Å².